The lowest BCUT2D eigenvalue weighted by molar-refractivity contribution is -0.360. The Hall–Kier alpha value is -1.55. The molecule has 78 heavy (non-hydrogen) atoms. The average molecular weight is 1150 g/mol. The maximum atomic E-state index is 14.0. The molecule has 3 fully saturated rings. The van der Waals surface area contributed by atoms with E-state index in [4.69, 9.17) is 37.5 Å². The predicted molar refractivity (Wildman–Crippen MR) is 282 cm³/mol. The number of carbonyl (C=O) groups excluding carboxylic acids is 2. The zero-order chi connectivity index (χ0) is 57.6. The summed E-state index contributed by atoms with van der Waals surface area (Å²) in [6.45, 7) is 3.32. The molecule has 0 aromatic carbocycles. The van der Waals surface area contributed by atoms with Gasteiger partial charge >= 0.3 is 19.8 Å². The third-order valence-corrected chi connectivity index (χ3v) is 16.1. The van der Waals surface area contributed by atoms with Crippen molar-refractivity contribution in [3.05, 3.63) is 0 Å². The molecule has 0 bridgehead atoms. The first kappa shape index (κ1) is 70.7. The summed E-state index contributed by atoms with van der Waals surface area (Å²) in [4.78, 5) is 37.5. The monoisotopic (exact) mass is 1150 g/mol. The molecule has 3 rings (SSSR count). The molecule has 0 amide bonds. The van der Waals surface area contributed by atoms with Gasteiger partial charge in [-0.25, -0.2) is 4.57 Å². The molecule has 24 heteroatoms. The zero-order valence-electron chi connectivity index (χ0n) is 46.6. The van der Waals surface area contributed by atoms with Gasteiger partial charge in [0.15, 0.2) is 18.7 Å². The van der Waals surface area contributed by atoms with Crippen molar-refractivity contribution >= 4 is 19.8 Å². The number of unbranched alkanes of at least 4 members (excludes halogenated alkanes) is 20. The molecular weight excluding hydrogens is 1050 g/mol. The van der Waals surface area contributed by atoms with Crippen LogP contribution in [0.25, 0.3) is 0 Å². The van der Waals surface area contributed by atoms with Crippen LogP contribution in [0.4, 0.5) is 0 Å². The highest BCUT2D eigenvalue weighted by Crippen LogP contribution is 2.49. The fourth-order valence-electron chi connectivity index (χ4n) is 10.1. The molecule has 2 saturated heterocycles. The molecule has 0 spiro atoms. The van der Waals surface area contributed by atoms with E-state index in [0.29, 0.717) is 18.8 Å². The topological polar surface area (TPSA) is 368 Å². The highest BCUT2D eigenvalue weighted by atomic mass is 31.2. The minimum absolute atomic E-state index is 0.0269. The number of rotatable bonds is 42. The van der Waals surface area contributed by atoms with Crippen LogP contribution in [-0.4, -0.2) is 204 Å². The van der Waals surface area contributed by atoms with Crippen LogP contribution < -0.4 is 0 Å². The Labute approximate surface area is 461 Å². The highest BCUT2D eigenvalue weighted by molar-refractivity contribution is 7.47. The first-order chi connectivity index (χ1) is 37.3. The van der Waals surface area contributed by atoms with E-state index in [1.807, 2.05) is 0 Å². The molecule has 1 aliphatic carbocycles. The van der Waals surface area contributed by atoms with Crippen LogP contribution in [0.3, 0.4) is 0 Å². The van der Waals surface area contributed by atoms with Gasteiger partial charge in [-0.3, -0.25) is 18.6 Å². The van der Waals surface area contributed by atoms with Crippen molar-refractivity contribution in [2.45, 2.75) is 298 Å². The van der Waals surface area contributed by atoms with Gasteiger partial charge < -0.3 is 89.5 Å². The van der Waals surface area contributed by atoms with E-state index >= 15 is 0 Å². The standard InChI is InChI=1S/C54H101O23P/c1-4-6-8-10-12-13-14-15-16-22-26-30-40(58)72-36(33-70-39(57)29-25-21-18-17-20-24-28-35(3)27-23-19-11-9-7-5-2)34-71-78(68,69)77-52-50(75-53-48(66)43(61)41(59)37(31-55)73-53)46(64)45(63)47(65)51(52)76-54-49(67)44(62)42(60)38(32-56)74-54/h35-38,41-56,59-67H,4-34H2,1-3H3,(H,68,69). The minimum atomic E-state index is -5.63. The highest BCUT2D eigenvalue weighted by Gasteiger charge is 2.58. The molecule has 17 unspecified atom stereocenters. The van der Waals surface area contributed by atoms with E-state index in [1.54, 1.807) is 0 Å². The number of esters is 2. The summed E-state index contributed by atoms with van der Waals surface area (Å²) in [5.41, 5.74) is 0. The van der Waals surface area contributed by atoms with Crippen LogP contribution >= 0.6 is 7.82 Å². The lowest BCUT2D eigenvalue weighted by Gasteiger charge is -2.49. The average Bonchev–Trinajstić information content (AvgIpc) is 3.49. The van der Waals surface area contributed by atoms with E-state index < -0.39 is 150 Å². The molecule has 0 aromatic rings. The van der Waals surface area contributed by atoms with Crippen molar-refractivity contribution in [1.82, 2.24) is 0 Å². The lowest BCUT2D eigenvalue weighted by Crippen LogP contribution is -2.69. The molecule has 3 aliphatic rings. The van der Waals surface area contributed by atoms with Crippen molar-refractivity contribution in [2.75, 3.05) is 26.4 Å². The Morgan fingerprint density at radius 3 is 1.26 bits per heavy atom. The molecular formula is C54H101O23P. The molecule has 2 heterocycles. The second-order valence-corrected chi connectivity index (χ2v) is 23.2. The van der Waals surface area contributed by atoms with E-state index in [0.717, 1.165) is 64.2 Å². The maximum Gasteiger partial charge on any atom is 0.472 e. The molecule has 460 valence electrons. The summed E-state index contributed by atoms with van der Waals surface area (Å²) in [6, 6.07) is 0. The lowest BCUT2D eigenvalue weighted by atomic mass is 9.84. The number of carbonyl (C=O) groups is 2. The van der Waals surface area contributed by atoms with Crippen molar-refractivity contribution < 1.29 is 113 Å². The summed E-state index contributed by atoms with van der Waals surface area (Å²) < 4.78 is 58.1. The summed E-state index contributed by atoms with van der Waals surface area (Å²) in [7, 11) is -5.63. The number of aliphatic hydroxyl groups excluding tert-OH is 11. The quantitative estimate of drug-likeness (QED) is 0.0236. The van der Waals surface area contributed by atoms with E-state index in [1.165, 1.54) is 83.5 Å². The third kappa shape index (κ3) is 25.1. The van der Waals surface area contributed by atoms with Crippen LogP contribution in [0.5, 0.6) is 0 Å². The Morgan fingerprint density at radius 1 is 0.474 bits per heavy atom. The number of phosphoric acid groups is 1. The van der Waals surface area contributed by atoms with Crippen molar-refractivity contribution in [3.63, 3.8) is 0 Å². The zero-order valence-corrected chi connectivity index (χ0v) is 47.5. The van der Waals surface area contributed by atoms with Gasteiger partial charge in [0, 0.05) is 12.8 Å². The largest absolute Gasteiger partial charge is 0.472 e. The Bertz CT molecular complexity index is 1580. The van der Waals surface area contributed by atoms with Crippen LogP contribution in [0.15, 0.2) is 0 Å². The van der Waals surface area contributed by atoms with Crippen LogP contribution in [0.2, 0.25) is 0 Å². The predicted octanol–water partition coefficient (Wildman–Crippen LogP) is 3.62. The molecule has 23 nitrogen and oxygen atoms in total. The number of hydrogen-bond donors (Lipinski definition) is 12. The number of aliphatic hydroxyl groups is 11. The van der Waals surface area contributed by atoms with Crippen LogP contribution in [-0.2, 0) is 51.6 Å². The normalized spacial score (nSPS) is 32.1. The second kappa shape index (κ2) is 39.1. The summed E-state index contributed by atoms with van der Waals surface area (Å²) in [5, 5.41) is 117. The van der Waals surface area contributed by atoms with E-state index in [9.17, 15) is 75.2 Å². The fraction of sp³-hybridized carbons (Fsp3) is 0.963. The Balaban J connectivity index is 1.71. The fourth-order valence-corrected chi connectivity index (χ4v) is 11.0. The van der Waals surface area contributed by atoms with Crippen molar-refractivity contribution in [3.8, 4) is 0 Å². The van der Waals surface area contributed by atoms with Gasteiger partial charge in [0.1, 0.15) is 92.1 Å². The van der Waals surface area contributed by atoms with Gasteiger partial charge in [0.05, 0.1) is 19.8 Å². The number of phosphoric ester groups is 1. The van der Waals surface area contributed by atoms with Crippen molar-refractivity contribution in [2.24, 2.45) is 5.92 Å². The van der Waals surface area contributed by atoms with Gasteiger partial charge in [-0.2, -0.15) is 0 Å². The van der Waals surface area contributed by atoms with Gasteiger partial charge in [-0.05, 0) is 18.8 Å². The van der Waals surface area contributed by atoms with Gasteiger partial charge in [-0.15, -0.1) is 0 Å². The molecule has 17 atom stereocenters. The third-order valence-electron chi connectivity index (χ3n) is 15.1. The Kier molecular flexibility index (Phi) is 35.4. The maximum absolute atomic E-state index is 14.0. The molecule has 12 N–H and O–H groups in total. The number of hydrogen-bond acceptors (Lipinski definition) is 22. The molecule has 1 saturated carbocycles. The first-order valence-corrected chi connectivity index (χ1v) is 30.8. The van der Waals surface area contributed by atoms with Gasteiger partial charge in [-0.1, -0.05) is 168 Å². The van der Waals surface area contributed by atoms with E-state index in [-0.39, 0.29) is 12.8 Å². The smallest absolute Gasteiger partial charge is 0.462 e. The second-order valence-electron chi connectivity index (χ2n) is 21.8. The van der Waals surface area contributed by atoms with Crippen LogP contribution in [0.1, 0.15) is 194 Å². The minimum Gasteiger partial charge on any atom is -0.462 e. The number of ether oxygens (including phenoxy) is 6. The Morgan fingerprint density at radius 2 is 0.846 bits per heavy atom. The van der Waals surface area contributed by atoms with E-state index in [2.05, 4.69) is 20.8 Å². The molecule has 2 aliphatic heterocycles. The summed E-state index contributed by atoms with van der Waals surface area (Å²) >= 11 is 0. The SMILES string of the molecule is CCCCCCCCCCCCCC(=O)OC(COC(=O)CCCCCCCCC(C)CCCCCCCC)COP(=O)(O)OC1C(OC2OC(CO)C(O)C(O)C2O)C(O)C(O)C(O)C1OC1OC(CO)C(O)C(O)C1O. The van der Waals surface area contributed by atoms with Crippen LogP contribution in [0, 0.1) is 5.92 Å². The summed E-state index contributed by atoms with van der Waals surface area (Å²) in [5.74, 6) is -0.621. The van der Waals surface area contributed by atoms with Gasteiger partial charge in [0.25, 0.3) is 0 Å². The first-order valence-electron chi connectivity index (χ1n) is 29.3. The van der Waals surface area contributed by atoms with Gasteiger partial charge in [0.2, 0.25) is 0 Å². The molecule has 0 radical (unpaired) electrons. The van der Waals surface area contributed by atoms with Crippen molar-refractivity contribution in [1.29, 1.82) is 0 Å². The summed E-state index contributed by atoms with van der Waals surface area (Å²) in [6.07, 6.45) is -7.50. The molecule has 0 aromatic heterocycles.